The van der Waals surface area contributed by atoms with E-state index in [4.69, 9.17) is 9.47 Å². The molecule has 2 aliphatic rings. The van der Waals surface area contributed by atoms with Crippen LogP contribution in [0.25, 0.3) is 0 Å². The van der Waals surface area contributed by atoms with Crippen LogP contribution < -0.4 is 20.1 Å². The molecule has 0 spiro atoms. The minimum absolute atomic E-state index is 0. The maximum atomic E-state index is 12.2. The maximum Gasteiger partial charge on any atom is 0.251 e. The van der Waals surface area contributed by atoms with Crippen LogP contribution in [0.3, 0.4) is 0 Å². The quantitative estimate of drug-likeness (QED) is 0.873. The van der Waals surface area contributed by atoms with Crippen LogP contribution in [-0.2, 0) is 0 Å². The highest BCUT2D eigenvalue weighted by Crippen LogP contribution is 2.41. The number of benzene rings is 1. The Bertz CT molecular complexity index is 499. The van der Waals surface area contributed by atoms with Crippen LogP contribution in [0.1, 0.15) is 10.4 Å². The zero-order valence-electron chi connectivity index (χ0n) is 11.5. The molecule has 0 radical (unpaired) electrons. The molecule has 0 aromatic heterocycles. The summed E-state index contributed by atoms with van der Waals surface area (Å²) in [5.74, 6) is 2.40. The van der Waals surface area contributed by atoms with E-state index in [9.17, 15) is 4.79 Å². The average Bonchev–Trinajstić information content (AvgIpc) is 2.89. The minimum atomic E-state index is -0.0413. The lowest BCUT2D eigenvalue weighted by atomic mass is 10.2. The second-order valence-electron chi connectivity index (χ2n) is 5.05. The maximum absolute atomic E-state index is 12.2. The molecule has 1 aliphatic carbocycles. The molecule has 2 unspecified atom stereocenters. The molecule has 110 valence electrons. The molecule has 1 saturated heterocycles. The highest BCUT2D eigenvalue weighted by molar-refractivity contribution is 5.95. The van der Waals surface area contributed by atoms with Gasteiger partial charge >= 0.3 is 0 Å². The van der Waals surface area contributed by atoms with Gasteiger partial charge in [0, 0.05) is 24.7 Å². The van der Waals surface area contributed by atoms with Gasteiger partial charge in [0.1, 0.15) is 0 Å². The molecule has 1 heterocycles. The van der Waals surface area contributed by atoms with Crippen LogP contribution in [0, 0.1) is 11.8 Å². The Morgan fingerprint density at radius 2 is 1.85 bits per heavy atom. The number of hydrogen-bond donors (Lipinski definition) is 2. The number of amides is 1. The van der Waals surface area contributed by atoms with Crippen molar-refractivity contribution in [3.63, 3.8) is 0 Å². The first kappa shape index (κ1) is 14.9. The van der Waals surface area contributed by atoms with Crippen LogP contribution in [-0.4, -0.2) is 39.3 Å². The van der Waals surface area contributed by atoms with E-state index in [2.05, 4.69) is 10.6 Å². The Morgan fingerprint density at radius 1 is 1.20 bits per heavy atom. The Morgan fingerprint density at radius 3 is 2.45 bits per heavy atom. The van der Waals surface area contributed by atoms with Gasteiger partial charge in [0.2, 0.25) is 0 Å². The monoisotopic (exact) mass is 298 g/mol. The molecule has 20 heavy (non-hydrogen) atoms. The molecule has 3 rings (SSSR count). The standard InChI is InChI=1S/C14H18N2O3.ClH/c1-18-11-4-3-8(5-12(11)19-2)14(17)16-13-9-6-15-7-10(9)13;/h3-5,9-10,13,15H,6-7H2,1-2H3,(H,16,17);1H. The number of hydrogen-bond acceptors (Lipinski definition) is 4. The summed E-state index contributed by atoms with van der Waals surface area (Å²) in [6.45, 7) is 2.03. The summed E-state index contributed by atoms with van der Waals surface area (Å²) in [5.41, 5.74) is 0.607. The van der Waals surface area contributed by atoms with Crippen LogP contribution >= 0.6 is 12.4 Å². The molecule has 1 aromatic carbocycles. The number of carbonyl (C=O) groups excluding carboxylic acids is 1. The number of halogens is 1. The van der Waals surface area contributed by atoms with Gasteiger partial charge in [0.25, 0.3) is 5.91 Å². The fraction of sp³-hybridized carbons (Fsp3) is 0.500. The summed E-state index contributed by atoms with van der Waals surface area (Å²) in [7, 11) is 3.15. The van der Waals surface area contributed by atoms with Crippen molar-refractivity contribution in [2.75, 3.05) is 27.3 Å². The van der Waals surface area contributed by atoms with Gasteiger partial charge in [-0.15, -0.1) is 12.4 Å². The van der Waals surface area contributed by atoms with Gasteiger partial charge in [-0.25, -0.2) is 0 Å². The Labute approximate surface area is 124 Å². The smallest absolute Gasteiger partial charge is 0.251 e. The van der Waals surface area contributed by atoms with E-state index in [0.717, 1.165) is 13.1 Å². The summed E-state index contributed by atoms with van der Waals surface area (Å²) in [6, 6.07) is 5.56. The van der Waals surface area contributed by atoms with E-state index in [0.29, 0.717) is 34.9 Å². The average molecular weight is 299 g/mol. The van der Waals surface area contributed by atoms with Crippen LogP contribution in [0.5, 0.6) is 11.5 Å². The fourth-order valence-corrected chi connectivity index (χ4v) is 2.84. The van der Waals surface area contributed by atoms with Gasteiger partial charge in [-0.2, -0.15) is 0 Å². The largest absolute Gasteiger partial charge is 0.493 e. The molecule has 1 aliphatic heterocycles. The Balaban J connectivity index is 0.00000147. The topological polar surface area (TPSA) is 59.6 Å². The summed E-state index contributed by atoms with van der Waals surface area (Å²) in [5, 5.41) is 6.40. The third-order valence-corrected chi connectivity index (χ3v) is 4.04. The van der Waals surface area contributed by atoms with E-state index < -0.39 is 0 Å². The number of fused-ring (bicyclic) bond motifs is 1. The van der Waals surface area contributed by atoms with E-state index in [-0.39, 0.29) is 18.3 Å². The number of carbonyl (C=O) groups is 1. The molecule has 0 bridgehead atoms. The number of rotatable bonds is 4. The number of methoxy groups -OCH3 is 2. The zero-order chi connectivity index (χ0) is 13.4. The van der Waals surface area contributed by atoms with Gasteiger partial charge < -0.3 is 20.1 Å². The summed E-state index contributed by atoms with van der Waals surface area (Å²) in [6.07, 6.45) is 0. The third kappa shape index (κ3) is 2.55. The molecule has 2 fully saturated rings. The van der Waals surface area contributed by atoms with Crippen molar-refractivity contribution in [2.45, 2.75) is 6.04 Å². The summed E-state index contributed by atoms with van der Waals surface area (Å²) >= 11 is 0. The lowest BCUT2D eigenvalue weighted by Gasteiger charge is -2.11. The van der Waals surface area contributed by atoms with E-state index in [1.54, 1.807) is 32.4 Å². The molecule has 6 heteroatoms. The predicted octanol–water partition coefficient (Wildman–Crippen LogP) is 1.07. The number of piperidine rings is 1. The lowest BCUT2D eigenvalue weighted by molar-refractivity contribution is 0.0946. The van der Waals surface area contributed by atoms with Crippen LogP contribution in [0.15, 0.2) is 18.2 Å². The fourth-order valence-electron chi connectivity index (χ4n) is 2.84. The molecule has 1 saturated carbocycles. The molecule has 2 atom stereocenters. The van der Waals surface area contributed by atoms with Crippen molar-refractivity contribution in [1.29, 1.82) is 0 Å². The first-order chi connectivity index (χ1) is 9.24. The van der Waals surface area contributed by atoms with Crippen molar-refractivity contribution in [3.05, 3.63) is 23.8 Å². The van der Waals surface area contributed by atoms with Gasteiger partial charge in [0.15, 0.2) is 11.5 Å². The van der Waals surface area contributed by atoms with Gasteiger partial charge in [0.05, 0.1) is 14.2 Å². The van der Waals surface area contributed by atoms with E-state index in [1.807, 2.05) is 0 Å². The predicted molar refractivity (Wildman–Crippen MR) is 77.9 cm³/mol. The minimum Gasteiger partial charge on any atom is -0.493 e. The van der Waals surface area contributed by atoms with Crippen molar-refractivity contribution >= 4 is 18.3 Å². The SMILES string of the molecule is COc1ccc(C(=O)NC2C3CNCC32)cc1OC.Cl. The second-order valence-corrected chi connectivity index (χ2v) is 5.05. The van der Waals surface area contributed by atoms with Gasteiger partial charge in [-0.05, 0) is 30.0 Å². The van der Waals surface area contributed by atoms with Crippen molar-refractivity contribution in [3.8, 4) is 11.5 Å². The molecule has 2 N–H and O–H groups in total. The van der Waals surface area contributed by atoms with Gasteiger partial charge in [-0.3, -0.25) is 4.79 Å². The van der Waals surface area contributed by atoms with Crippen molar-refractivity contribution < 1.29 is 14.3 Å². The molecular weight excluding hydrogens is 280 g/mol. The zero-order valence-corrected chi connectivity index (χ0v) is 12.3. The van der Waals surface area contributed by atoms with Gasteiger partial charge in [-0.1, -0.05) is 0 Å². The lowest BCUT2D eigenvalue weighted by Crippen LogP contribution is -2.32. The summed E-state index contributed by atoms with van der Waals surface area (Å²) < 4.78 is 10.4. The highest BCUT2D eigenvalue weighted by atomic mass is 35.5. The van der Waals surface area contributed by atoms with Crippen molar-refractivity contribution in [2.24, 2.45) is 11.8 Å². The molecular formula is C14H19ClN2O3. The highest BCUT2D eigenvalue weighted by Gasteiger charge is 2.53. The Kier molecular flexibility index (Phi) is 4.40. The third-order valence-electron chi connectivity index (χ3n) is 4.04. The molecule has 5 nitrogen and oxygen atoms in total. The van der Waals surface area contributed by atoms with Crippen LogP contribution in [0.4, 0.5) is 0 Å². The number of nitrogens with one attached hydrogen (secondary N) is 2. The van der Waals surface area contributed by atoms with E-state index >= 15 is 0 Å². The first-order valence-electron chi connectivity index (χ1n) is 6.48. The Hall–Kier alpha value is -1.46. The van der Waals surface area contributed by atoms with Crippen molar-refractivity contribution in [1.82, 2.24) is 10.6 Å². The van der Waals surface area contributed by atoms with Crippen LogP contribution in [0.2, 0.25) is 0 Å². The first-order valence-corrected chi connectivity index (χ1v) is 6.48. The second kappa shape index (κ2) is 5.89. The van der Waals surface area contributed by atoms with E-state index in [1.165, 1.54) is 0 Å². The normalized spacial score (nSPS) is 26.2. The molecule has 1 amide bonds. The molecule has 1 aromatic rings. The number of ether oxygens (including phenoxy) is 2. The summed E-state index contributed by atoms with van der Waals surface area (Å²) in [4.78, 5) is 12.2.